The van der Waals surface area contributed by atoms with Crippen molar-refractivity contribution in [2.45, 2.75) is 45.7 Å². The van der Waals surface area contributed by atoms with Crippen LogP contribution in [-0.4, -0.2) is 43.0 Å². The van der Waals surface area contributed by atoms with Crippen molar-refractivity contribution >= 4 is 11.8 Å². The van der Waals surface area contributed by atoms with Gasteiger partial charge in [0.25, 0.3) is 0 Å². The summed E-state index contributed by atoms with van der Waals surface area (Å²) in [4.78, 5) is 27.3. The number of rotatable bonds is 12. The van der Waals surface area contributed by atoms with Crippen molar-refractivity contribution in [3.05, 3.63) is 60.2 Å². The van der Waals surface area contributed by atoms with Gasteiger partial charge < -0.3 is 19.7 Å². The summed E-state index contributed by atoms with van der Waals surface area (Å²) < 4.78 is 10.9. The molecule has 0 fully saturated rings. The molecule has 0 spiro atoms. The van der Waals surface area contributed by atoms with Crippen LogP contribution < -0.4 is 14.8 Å². The van der Waals surface area contributed by atoms with Crippen molar-refractivity contribution in [1.29, 1.82) is 0 Å². The molecule has 2 rings (SSSR count). The van der Waals surface area contributed by atoms with Gasteiger partial charge in [-0.1, -0.05) is 37.3 Å². The topological polar surface area (TPSA) is 67.9 Å². The second-order valence-electron chi connectivity index (χ2n) is 6.95. The Balaban J connectivity index is 1.97. The first-order chi connectivity index (χ1) is 14.6. The molecule has 2 aromatic carbocycles. The predicted molar refractivity (Wildman–Crippen MR) is 117 cm³/mol. The number of nitrogens with zero attached hydrogens (tertiary/aromatic N) is 1. The number of hydrogen-bond acceptors (Lipinski definition) is 4. The summed E-state index contributed by atoms with van der Waals surface area (Å²) in [5, 5.41) is 2.85. The van der Waals surface area contributed by atoms with E-state index in [4.69, 9.17) is 9.47 Å². The average Bonchev–Trinajstić information content (AvgIpc) is 2.77. The molecule has 6 nitrogen and oxygen atoms in total. The van der Waals surface area contributed by atoms with Gasteiger partial charge in [0.05, 0.1) is 13.7 Å². The molecule has 0 aliphatic carbocycles. The number of carbonyl (C=O) groups excluding carboxylic acids is 2. The number of benzene rings is 2. The molecule has 2 amide bonds. The fourth-order valence-corrected chi connectivity index (χ4v) is 3.22. The molecular weight excluding hydrogens is 380 g/mol. The minimum atomic E-state index is -0.486. The summed E-state index contributed by atoms with van der Waals surface area (Å²) in [7, 11) is 1.62. The minimum absolute atomic E-state index is 0.0460. The molecule has 0 radical (unpaired) electrons. The maximum atomic E-state index is 13.0. The summed E-state index contributed by atoms with van der Waals surface area (Å²) in [6, 6.07) is 16.6. The van der Waals surface area contributed by atoms with Gasteiger partial charge >= 0.3 is 0 Å². The van der Waals surface area contributed by atoms with E-state index in [2.05, 4.69) is 5.32 Å². The van der Waals surface area contributed by atoms with Crippen LogP contribution in [0, 0.1) is 0 Å². The molecule has 2 aromatic rings. The highest BCUT2D eigenvalue weighted by Crippen LogP contribution is 2.18. The summed E-state index contributed by atoms with van der Waals surface area (Å²) in [6.45, 7) is 5.19. The van der Waals surface area contributed by atoms with Gasteiger partial charge in [0.2, 0.25) is 11.8 Å². The molecule has 0 saturated heterocycles. The van der Waals surface area contributed by atoms with Gasteiger partial charge in [-0.15, -0.1) is 0 Å². The van der Waals surface area contributed by atoms with Crippen molar-refractivity contribution in [3.8, 4) is 11.5 Å². The van der Waals surface area contributed by atoms with Crippen LogP contribution >= 0.6 is 0 Å². The van der Waals surface area contributed by atoms with E-state index in [-0.39, 0.29) is 11.8 Å². The average molecular weight is 413 g/mol. The molecule has 0 aliphatic rings. The predicted octanol–water partition coefficient (Wildman–Crippen LogP) is 3.80. The first kappa shape index (κ1) is 23.3. The monoisotopic (exact) mass is 412 g/mol. The van der Waals surface area contributed by atoms with Gasteiger partial charge in [-0.3, -0.25) is 9.59 Å². The Labute approximate surface area is 179 Å². The number of ether oxygens (including phenoxy) is 2. The third kappa shape index (κ3) is 7.10. The van der Waals surface area contributed by atoms with Gasteiger partial charge in [0.15, 0.2) is 0 Å². The SMILES string of the molecule is CCNC(=O)C(CC)N(Cc1ccccc1)C(=O)CCCOc1ccc(OC)cc1. The van der Waals surface area contributed by atoms with E-state index in [9.17, 15) is 9.59 Å². The van der Waals surface area contributed by atoms with Crippen molar-refractivity contribution in [2.24, 2.45) is 0 Å². The first-order valence-corrected chi connectivity index (χ1v) is 10.5. The molecule has 1 unspecified atom stereocenters. The first-order valence-electron chi connectivity index (χ1n) is 10.5. The van der Waals surface area contributed by atoms with Crippen LogP contribution in [-0.2, 0) is 16.1 Å². The van der Waals surface area contributed by atoms with Gasteiger partial charge in [-0.2, -0.15) is 0 Å². The summed E-state index contributed by atoms with van der Waals surface area (Å²) >= 11 is 0. The van der Waals surface area contributed by atoms with E-state index in [0.29, 0.717) is 39.0 Å². The lowest BCUT2D eigenvalue weighted by molar-refractivity contribution is -0.141. The zero-order chi connectivity index (χ0) is 21.8. The highest BCUT2D eigenvalue weighted by atomic mass is 16.5. The van der Waals surface area contributed by atoms with Gasteiger partial charge in [-0.05, 0) is 49.6 Å². The Bertz CT molecular complexity index is 778. The Morgan fingerprint density at radius 2 is 1.67 bits per heavy atom. The molecule has 0 saturated carbocycles. The highest BCUT2D eigenvalue weighted by molar-refractivity contribution is 5.87. The Morgan fingerprint density at radius 1 is 1.00 bits per heavy atom. The van der Waals surface area contributed by atoms with Crippen molar-refractivity contribution in [2.75, 3.05) is 20.3 Å². The maximum absolute atomic E-state index is 13.0. The van der Waals surface area contributed by atoms with Gasteiger partial charge in [0, 0.05) is 19.5 Å². The molecule has 1 N–H and O–H groups in total. The van der Waals surface area contributed by atoms with E-state index < -0.39 is 6.04 Å². The second-order valence-corrected chi connectivity index (χ2v) is 6.95. The summed E-state index contributed by atoms with van der Waals surface area (Å²) in [5.41, 5.74) is 1.00. The quantitative estimate of drug-likeness (QED) is 0.539. The van der Waals surface area contributed by atoms with Gasteiger partial charge in [-0.25, -0.2) is 0 Å². The summed E-state index contributed by atoms with van der Waals surface area (Å²) in [5.74, 6) is 1.34. The van der Waals surface area contributed by atoms with E-state index >= 15 is 0 Å². The van der Waals surface area contributed by atoms with Crippen LogP contribution in [0.3, 0.4) is 0 Å². The highest BCUT2D eigenvalue weighted by Gasteiger charge is 2.27. The molecule has 0 aromatic heterocycles. The third-order valence-corrected chi connectivity index (χ3v) is 4.80. The van der Waals surface area contributed by atoms with E-state index in [1.54, 1.807) is 12.0 Å². The molecule has 0 heterocycles. The van der Waals surface area contributed by atoms with Crippen LogP contribution in [0.1, 0.15) is 38.7 Å². The molecule has 0 bridgehead atoms. The lowest BCUT2D eigenvalue weighted by Crippen LogP contribution is -2.49. The maximum Gasteiger partial charge on any atom is 0.242 e. The van der Waals surface area contributed by atoms with Crippen molar-refractivity contribution in [3.63, 3.8) is 0 Å². The number of likely N-dealkylation sites (N-methyl/N-ethyl adjacent to an activating group) is 1. The minimum Gasteiger partial charge on any atom is -0.497 e. The fraction of sp³-hybridized carbons (Fsp3) is 0.417. The largest absolute Gasteiger partial charge is 0.497 e. The fourth-order valence-electron chi connectivity index (χ4n) is 3.22. The normalized spacial score (nSPS) is 11.4. The summed E-state index contributed by atoms with van der Waals surface area (Å²) in [6.07, 6.45) is 1.45. The number of hydrogen-bond donors (Lipinski definition) is 1. The Hall–Kier alpha value is -3.02. The third-order valence-electron chi connectivity index (χ3n) is 4.80. The van der Waals surface area contributed by atoms with Crippen LogP contribution in [0.4, 0.5) is 0 Å². The van der Waals surface area contributed by atoms with E-state index in [0.717, 1.165) is 17.1 Å². The van der Waals surface area contributed by atoms with Crippen LogP contribution in [0.2, 0.25) is 0 Å². The standard InChI is InChI=1S/C24H32N2O4/c1-4-22(24(28)25-5-2)26(18-19-10-7-6-8-11-19)23(27)12-9-17-30-21-15-13-20(29-3)14-16-21/h6-8,10-11,13-16,22H,4-5,9,12,17-18H2,1-3H3,(H,25,28). The molecule has 6 heteroatoms. The molecule has 162 valence electrons. The van der Waals surface area contributed by atoms with Crippen LogP contribution in [0.25, 0.3) is 0 Å². The molecule has 1 atom stereocenters. The van der Waals surface area contributed by atoms with E-state index in [1.165, 1.54) is 0 Å². The lowest BCUT2D eigenvalue weighted by atomic mass is 10.1. The zero-order valence-electron chi connectivity index (χ0n) is 18.1. The molecule has 0 aliphatic heterocycles. The number of methoxy groups -OCH3 is 1. The van der Waals surface area contributed by atoms with Crippen molar-refractivity contribution < 1.29 is 19.1 Å². The number of nitrogens with one attached hydrogen (secondary N) is 1. The Morgan fingerprint density at radius 3 is 2.27 bits per heavy atom. The second kappa shape index (κ2) is 12.5. The smallest absolute Gasteiger partial charge is 0.242 e. The number of carbonyl (C=O) groups is 2. The van der Waals surface area contributed by atoms with Gasteiger partial charge in [0.1, 0.15) is 17.5 Å². The molecule has 30 heavy (non-hydrogen) atoms. The van der Waals surface area contributed by atoms with Crippen LogP contribution in [0.5, 0.6) is 11.5 Å². The zero-order valence-corrected chi connectivity index (χ0v) is 18.1. The van der Waals surface area contributed by atoms with Crippen LogP contribution in [0.15, 0.2) is 54.6 Å². The molecular formula is C24H32N2O4. The number of amides is 2. The van der Waals surface area contributed by atoms with E-state index in [1.807, 2.05) is 68.4 Å². The Kier molecular flexibility index (Phi) is 9.71. The lowest BCUT2D eigenvalue weighted by Gasteiger charge is -2.30. The van der Waals surface area contributed by atoms with Crippen molar-refractivity contribution in [1.82, 2.24) is 10.2 Å².